The zero-order chi connectivity index (χ0) is 16.1. The van der Waals surface area contributed by atoms with E-state index in [9.17, 15) is 4.79 Å². The normalized spacial score (nSPS) is 15.8. The number of terminal acetylenes is 1. The first-order valence-electron chi connectivity index (χ1n) is 8.53. The number of carboxylic acids is 1. The molecule has 0 aromatic rings. The van der Waals surface area contributed by atoms with Crippen LogP contribution in [0.25, 0.3) is 0 Å². The first-order valence-corrected chi connectivity index (χ1v) is 8.53. The molecule has 1 aliphatic rings. The summed E-state index contributed by atoms with van der Waals surface area (Å²) in [5, 5.41) is 8.53. The van der Waals surface area contributed by atoms with Gasteiger partial charge in [-0.1, -0.05) is 31.4 Å². The van der Waals surface area contributed by atoms with Crippen molar-refractivity contribution in [3.05, 3.63) is 12.2 Å². The van der Waals surface area contributed by atoms with Crippen molar-refractivity contribution >= 4 is 5.97 Å². The summed E-state index contributed by atoms with van der Waals surface area (Å²) in [6.07, 6.45) is 21.9. The molecule has 0 radical (unpaired) electrons. The molecular weight excluding hydrogens is 276 g/mol. The number of unbranched alkanes of at least 4 members (excludes halogenated alkanes) is 6. The van der Waals surface area contributed by atoms with Crippen molar-refractivity contribution in [3.8, 4) is 12.3 Å². The minimum Gasteiger partial charge on any atom is -0.481 e. The van der Waals surface area contributed by atoms with E-state index >= 15 is 0 Å². The topological polar surface area (TPSA) is 81.2 Å². The van der Waals surface area contributed by atoms with Gasteiger partial charge in [0, 0.05) is 12.8 Å². The Labute approximate surface area is 134 Å². The molecule has 22 heavy (non-hydrogen) atoms. The largest absolute Gasteiger partial charge is 0.481 e. The predicted octanol–water partition coefficient (Wildman–Crippen LogP) is 3.75. The summed E-state index contributed by atoms with van der Waals surface area (Å²) in [4.78, 5) is 10.4. The smallest absolute Gasteiger partial charge is 0.303 e. The highest BCUT2D eigenvalue weighted by Gasteiger charge is 2.39. The van der Waals surface area contributed by atoms with Crippen molar-refractivity contribution < 1.29 is 9.90 Å². The molecule has 0 aromatic carbocycles. The Balaban J connectivity index is 1.88. The monoisotopic (exact) mass is 306 g/mol. The minimum absolute atomic E-state index is 0.144. The molecule has 1 rings (SSSR count). The number of carboxylic acid groups (broad SMARTS) is 1. The van der Waals surface area contributed by atoms with E-state index in [1.165, 1.54) is 12.8 Å². The lowest BCUT2D eigenvalue weighted by atomic mass is 10.0. The number of hydrogen-bond donors (Lipinski definition) is 3. The van der Waals surface area contributed by atoms with E-state index in [4.69, 9.17) is 11.5 Å². The summed E-state index contributed by atoms with van der Waals surface area (Å²) in [5.74, 6) is 2.00. The van der Waals surface area contributed by atoms with E-state index in [2.05, 4.69) is 28.9 Å². The molecule has 0 bridgehead atoms. The van der Waals surface area contributed by atoms with Crippen LogP contribution in [0.5, 0.6) is 0 Å². The SMILES string of the molecule is C#CCCCC1(CC/C=C\CCCCCCCC(=O)O)NN1. The summed E-state index contributed by atoms with van der Waals surface area (Å²) in [7, 11) is 0. The van der Waals surface area contributed by atoms with Gasteiger partial charge in [-0.2, -0.15) is 0 Å². The number of aliphatic carboxylic acids is 1. The van der Waals surface area contributed by atoms with Crippen molar-refractivity contribution in [2.45, 2.75) is 82.7 Å². The van der Waals surface area contributed by atoms with Gasteiger partial charge in [0.2, 0.25) is 0 Å². The fourth-order valence-corrected chi connectivity index (χ4v) is 2.59. The average Bonchev–Trinajstić information content (AvgIpc) is 3.25. The third kappa shape index (κ3) is 9.59. The molecule has 0 amide bonds. The number of hydrazine groups is 1. The number of carbonyl (C=O) groups is 1. The first-order chi connectivity index (χ1) is 10.7. The van der Waals surface area contributed by atoms with E-state index < -0.39 is 5.97 Å². The lowest BCUT2D eigenvalue weighted by Gasteiger charge is -2.08. The zero-order valence-electron chi connectivity index (χ0n) is 13.6. The van der Waals surface area contributed by atoms with Crippen molar-refractivity contribution in [2.75, 3.05) is 0 Å². The standard InChI is InChI=1S/C18H30N2O2/c1-2-3-12-15-18(19-20-18)16-13-10-8-6-4-5-7-9-11-14-17(21)22/h1,8,10,19-20H,3-7,9,11-16H2,(H,21,22)/b10-8-. The molecule has 124 valence electrons. The lowest BCUT2D eigenvalue weighted by Crippen LogP contribution is -2.16. The Kier molecular flexibility index (Phi) is 9.61. The number of nitrogens with one attached hydrogen (secondary N) is 2. The highest BCUT2D eigenvalue weighted by Crippen LogP contribution is 2.24. The van der Waals surface area contributed by atoms with Gasteiger partial charge in [-0.15, -0.1) is 12.3 Å². The first kappa shape index (κ1) is 18.7. The van der Waals surface area contributed by atoms with Crippen LogP contribution < -0.4 is 10.9 Å². The Morgan fingerprint density at radius 1 is 1.00 bits per heavy atom. The molecule has 1 aliphatic heterocycles. The molecule has 4 heteroatoms. The molecule has 0 aliphatic carbocycles. The van der Waals surface area contributed by atoms with Crippen LogP contribution in [0.3, 0.4) is 0 Å². The van der Waals surface area contributed by atoms with Gasteiger partial charge >= 0.3 is 5.97 Å². The Bertz CT molecular complexity index is 381. The average molecular weight is 306 g/mol. The Morgan fingerprint density at radius 2 is 1.68 bits per heavy atom. The fraction of sp³-hybridized carbons (Fsp3) is 0.722. The van der Waals surface area contributed by atoms with Crippen LogP contribution in [0.15, 0.2) is 12.2 Å². The summed E-state index contributed by atoms with van der Waals surface area (Å²) in [6.45, 7) is 0. The van der Waals surface area contributed by atoms with Crippen LogP contribution >= 0.6 is 0 Å². The number of hydrogen-bond acceptors (Lipinski definition) is 3. The number of allylic oxidation sites excluding steroid dienone is 2. The van der Waals surface area contributed by atoms with Gasteiger partial charge in [-0.3, -0.25) is 4.79 Å². The van der Waals surface area contributed by atoms with Crippen LogP contribution in [0.1, 0.15) is 77.0 Å². The van der Waals surface area contributed by atoms with Crippen molar-refractivity contribution in [2.24, 2.45) is 0 Å². The fourth-order valence-electron chi connectivity index (χ4n) is 2.59. The quantitative estimate of drug-likeness (QED) is 0.198. The molecule has 3 N–H and O–H groups in total. The Hall–Kier alpha value is -1.31. The number of rotatable bonds is 14. The van der Waals surface area contributed by atoms with E-state index in [-0.39, 0.29) is 5.66 Å². The second-order valence-corrected chi connectivity index (χ2v) is 6.10. The van der Waals surface area contributed by atoms with Gasteiger partial charge < -0.3 is 5.11 Å². The van der Waals surface area contributed by atoms with Gasteiger partial charge in [0.05, 0.1) is 5.66 Å². The zero-order valence-corrected chi connectivity index (χ0v) is 13.6. The van der Waals surface area contributed by atoms with Gasteiger partial charge in [0.1, 0.15) is 0 Å². The van der Waals surface area contributed by atoms with Gasteiger partial charge in [-0.05, 0) is 44.9 Å². The summed E-state index contributed by atoms with van der Waals surface area (Å²) < 4.78 is 0. The molecule has 1 fully saturated rings. The van der Waals surface area contributed by atoms with E-state index in [1.54, 1.807) is 0 Å². The van der Waals surface area contributed by atoms with Gasteiger partial charge in [-0.25, -0.2) is 10.9 Å². The van der Waals surface area contributed by atoms with Crippen LogP contribution in [0, 0.1) is 12.3 Å². The molecular formula is C18H30N2O2. The summed E-state index contributed by atoms with van der Waals surface area (Å²) in [5.41, 5.74) is 6.65. The van der Waals surface area contributed by atoms with E-state index in [1.807, 2.05) is 0 Å². The van der Waals surface area contributed by atoms with Gasteiger partial charge in [0.15, 0.2) is 0 Å². The summed E-state index contributed by atoms with van der Waals surface area (Å²) >= 11 is 0. The van der Waals surface area contributed by atoms with Crippen LogP contribution in [-0.2, 0) is 4.79 Å². The Morgan fingerprint density at radius 3 is 2.36 bits per heavy atom. The van der Waals surface area contributed by atoms with Crippen LogP contribution in [0.4, 0.5) is 0 Å². The molecule has 0 atom stereocenters. The third-order valence-electron chi connectivity index (χ3n) is 4.07. The molecule has 1 saturated heterocycles. The molecule has 4 nitrogen and oxygen atoms in total. The van der Waals surface area contributed by atoms with E-state index in [0.717, 1.165) is 57.8 Å². The predicted molar refractivity (Wildman–Crippen MR) is 90.0 cm³/mol. The minimum atomic E-state index is -0.681. The summed E-state index contributed by atoms with van der Waals surface area (Å²) in [6, 6.07) is 0. The van der Waals surface area contributed by atoms with Crippen LogP contribution in [-0.4, -0.2) is 16.7 Å². The second-order valence-electron chi connectivity index (χ2n) is 6.10. The van der Waals surface area contributed by atoms with E-state index in [0.29, 0.717) is 6.42 Å². The molecule has 0 saturated carbocycles. The van der Waals surface area contributed by atoms with Crippen molar-refractivity contribution in [1.29, 1.82) is 0 Å². The highest BCUT2D eigenvalue weighted by atomic mass is 16.4. The second kappa shape index (κ2) is 11.3. The maximum absolute atomic E-state index is 10.4. The molecule has 0 spiro atoms. The van der Waals surface area contributed by atoms with Crippen LogP contribution in [0.2, 0.25) is 0 Å². The molecule has 0 unspecified atom stereocenters. The van der Waals surface area contributed by atoms with Gasteiger partial charge in [0.25, 0.3) is 0 Å². The van der Waals surface area contributed by atoms with Crippen molar-refractivity contribution in [3.63, 3.8) is 0 Å². The molecule has 1 heterocycles. The maximum atomic E-state index is 10.4. The molecule has 0 aromatic heterocycles. The van der Waals surface area contributed by atoms with Crippen molar-refractivity contribution in [1.82, 2.24) is 10.9 Å². The maximum Gasteiger partial charge on any atom is 0.303 e. The lowest BCUT2D eigenvalue weighted by molar-refractivity contribution is -0.137. The third-order valence-corrected chi connectivity index (χ3v) is 4.07. The highest BCUT2D eigenvalue weighted by molar-refractivity contribution is 5.66.